The molecule has 1 atom stereocenters. The monoisotopic (exact) mass is 279 g/mol. The number of benzene rings is 2. The van der Waals surface area contributed by atoms with E-state index in [0.717, 1.165) is 10.6 Å². The van der Waals surface area contributed by atoms with Gasteiger partial charge in [0, 0.05) is 10.0 Å². The van der Waals surface area contributed by atoms with Gasteiger partial charge in [0.15, 0.2) is 0 Å². The van der Waals surface area contributed by atoms with E-state index >= 15 is 0 Å². The van der Waals surface area contributed by atoms with Crippen LogP contribution in [0.1, 0.15) is 22.7 Å². The third-order valence-electron chi connectivity index (χ3n) is 3.06. The van der Waals surface area contributed by atoms with E-state index < -0.39 is 0 Å². The topological polar surface area (TPSA) is 12.0 Å². The van der Waals surface area contributed by atoms with Gasteiger partial charge in [-0.1, -0.05) is 47.5 Å². The summed E-state index contributed by atoms with van der Waals surface area (Å²) < 4.78 is 0. The first-order chi connectivity index (χ1) is 8.63. The van der Waals surface area contributed by atoms with Crippen molar-refractivity contribution in [2.45, 2.75) is 13.0 Å². The molecule has 1 N–H and O–H groups in total. The molecule has 0 saturated heterocycles. The van der Waals surface area contributed by atoms with Crippen LogP contribution in [-0.2, 0) is 0 Å². The molecule has 3 heteroatoms. The quantitative estimate of drug-likeness (QED) is 0.865. The molecule has 0 aromatic heterocycles. The first-order valence-corrected chi connectivity index (χ1v) is 6.57. The van der Waals surface area contributed by atoms with E-state index in [9.17, 15) is 0 Å². The van der Waals surface area contributed by atoms with Gasteiger partial charge < -0.3 is 5.32 Å². The van der Waals surface area contributed by atoms with E-state index in [1.165, 1.54) is 11.1 Å². The Hall–Kier alpha value is -1.02. The van der Waals surface area contributed by atoms with Crippen molar-refractivity contribution in [3.05, 3.63) is 69.2 Å². The van der Waals surface area contributed by atoms with Gasteiger partial charge in [0.05, 0.1) is 6.04 Å². The minimum absolute atomic E-state index is 0.0531. The summed E-state index contributed by atoms with van der Waals surface area (Å²) in [4.78, 5) is 0. The summed E-state index contributed by atoms with van der Waals surface area (Å²) in [6, 6.07) is 13.9. The number of halogens is 2. The van der Waals surface area contributed by atoms with Crippen molar-refractivity contribution in [1.29, 1.82) is 0 Å². The second-order valence-corrected chi connectivity index (χ2v) is 5.09. The number of rotatable bonds is 3. The van der Waals surface area contributed by atoms with Crippen molar-refractivity contribution in [1.82, 2.24) is 5.32 Å². The largest absolute Gasteiger partial charge is 0.309 e. The fourth-order valence-electron chi connectivity index (χ4n) is 2.13. The zero-order chi connectivity index (χ0) is 13.1. The van der Waals surface area contributed by atoms with Crippen LogP contribution in [0, 0.1) is 6.92 Å². The molecular weight excluding hydrogens is 265 g/mol. The molecule has 0 bridgehead atoms. The molecule has 0 amide bonds. The Kier molecular flexibility index (Phi) is 4.28. The molecule has 2 aromatic carbocycles. The fraction of sp³-hybridized carbons (Fsp3) is 0.200. The molecule has 2 rings (SSSR count). The van der Waals surface area contributed by atoms with Gasteiger partial charge in [-0.3, -0.25) is 0 Å². The van der Waals surface area contributed by atoms with Gasteiger partial charge in [-0.25, -0.2) is 0 Å². The first kappa shape index (κ1) is 13.4. The maximum atomic E-state index is 6.27. The van der Waals surface area contributed by atoms with Gasteiger partial charge in [0.2, 0.25) is 0 Å². The van der Waals surface area contributed by atoms with E-state index in [1.807, 2.05) is 31.3 Å². The molecular formula is C15H15Cl2N. The van der Waals surface area contributed by atoms with Crippen LogP contribution < -0.4 is 5.32 Å². The lowest BCUT2D eigenvalue weighted by Gasteiger charge is -2.20. The van der Waals surface area contributed by atoms with Gasteiger partial charge >= 0.3 is 0 Å². The van der Waals surface area contributed by atoms with Gasteiger partial charge in [0.1, 0.15) is 0 Å². The Bertz CT molecular complexity index is 552. The Labute approximate surface area is 118 Å². The van der Waals surface area contributed by atoms with Crippen molar-refractivity contribution in [3.63, 3.8) is 0 Å². The molecule has 0 radical (unpaired) electrons. The second-order valence-electron chi connectivity index (χ2n) is 4.24. The zero-order valence-corrected chi connectivity index (χ0v) is 11.9. The minimum atomic E-state index is 0.0531. The second kappa shape index (κ2) is 5.75. The first-order valence-electron chi connectivity index (χ1n) is 5.81. The van der Waals surface area contributed by atoms with Crippen molar-refractivity contribution in [2.75, 3.05) is 7.05 Å². The third-order valence-corrected chi connectivity index (χ3v) is 3.64. The van der Waals surface area contributed by atoms with Crippen LogP contribution in [0.15, 0.2) is 42.5 Å². The molecule has 18 heavy (non-hydrogen) atoms. The van der Waals surface area contributed by atoms with Crippen LogP contribution in [0.5, 0.6) is 0 Å². The highest BCUT2D eigenvalue weighted by Crippen LogP contribution is 2.31. The molecule has 0 aliphatic rings. The zero-order valence-electron chi connectivity index (χ0n) is 10.4. The van der Waals surface area contributed by atoms with Gasteiger partial charge in [0.25, 0.3) is 0 Å². The number of hydrogen-bond donors (Lipinski definition) is 1. The van der Waals surface area contributed by atoms with E-state index in [0.29, 0.717) is 5.02 Å². The van der Waals surface area contributed by atoms with Crippen LogP contribution in [-0.4, -0.2) is 7.05 Å². The fourth-order valence-corrected chi connectivity index (χ4v) is 2.53. The molecule has 0 aliphatic carbocycles. The lowest BCUT2D eigenvalue weighted by Crippen LogP contribution is -2.19. The summed E-state index contributed by atoms with van der Waals surface area (Å²) in [5, 5.41) is 4.72. The van der Waals surface area contributed by atoms with Crippen LogP contribution >= 0.6 is 23.2 Å². The lowest BCUT2D eigenvalue weighted by atomic mass is 9.95. The summed E-state index contributed by atoms with van der Waals surface area (Å²) in [7, 11) is 1.92. The van der Waals surface area contributed by atoms with Gasteiger partial charge in [-0.15, -0.1) is 0 Å². The standard InChI is InChI=1S/C15H15Cl2N/c1-10-5-3-4-6-12(10)15(18-2)13-9-11(16)7-8-14(13)17/h3-9,15,18H,1-2H3. The van der Waals surface area contributed by atoms with Crippen molar-refractivity contribution in [3.8, 4) is 0 Å². The van der Waals surface area contributed by atoms with Crippen LogP contribution in [0.25, 0.3) is 0 Å². The molecule has 1 nitrogen and oxygen atoms in total. The SMILES string of the molecule is CNC(c1ccccc1C)c1cc(Cl)ccc1Cl. The molecule has 2 aromatic rings. The highest BCUT2D eigenvalue weighted by atomic mass is 35.5. The molecule has 0 fully saturated rings. The number of hydrogen-bond acceptors (Lipinski definition) is 1. The number of nitrogens with one attached hydrogen (secondary N) is 1. The molecule has 0 heterocycles. The summed E-state index contributed by atoms with van der Waals surface area (Å²) >= 11 is 12.3. The molecule has 0 spiro atoms. The lowest BCUT2D eigenvalue weighted by molar-refractivity contribution is 0.688. The maximum Gasteiger partial charge on any atom is 0.0592 e. The average Bonchev–Trinajstić information content (AvgIpc) is 2.36. The third kappa shape index (κ3) is 2.69. The van der Waals surface area contributed by atoms with Crippen molar-refractivity contribution >= 4 is 23.2 Å². The smallest absolute Gasteiger partial charge is 0.0592 e. The molecule has 0 saturated carbocycles. The van der Waals surface area contributed by atoms with Crippen molar-refractivity contribution in [2.24, 2.45) is 0 Å². The van der Waals surface area contributed by atoms with Crippen LogP contribution in [0.2, 0.25) is 10.0 Å². The Morgan fingerprint density at radius 2 is 1.72 bits per heavy atom. The summed E-state index contributed by atoms with van der Waals surface area (Å²) in [6.07, 6.45) is 0. The molecule has 1 unspecified atom stereocenters. The predicted octanol–water partition coefficient (Wildman–Crippen LogP) is 4.61. The van der Waals surface area contributed by atoms with E-state index in [-0.39, 0.29) is 6.04 Å². The van der Waals surface area contributed by atoms with Crippen LogP contribution in [0.4, 0.5) is 0 Å². The average molecular weight is 280 g/mol. The summed E-state index contributed by atoms with van der Waals surface area (Å²) in [6.45, 7) is 2.10. The Morgan fingerprint density at radius 3 is 2.39 bits per heavy atom. The predicted molar refractivity (Wildman–Crippen MR) is 78.5 cm³/mol. The molecule has 0 aliphatic heterocycles. The highest BCUT2D eigenvalue weighted by molar-refractivity contribution is 6.33. The minimum Gasteiger partial charge on any atom is -0.309 e. The molecule has 94 valence electrons. The highest BCUT2D eigenvalue weighted by Gasteiger charge is 2.17. The maximum absolute atomic E-state index is 6.27. The van der Waals surface area contributed by atoms with E-state index in [2.05, 4.69) is 24.4 Å². The van der Waals surface area contributed by atoms with E-state index in [1.54, 1.807) is 6.07 Å². The van der Waals surface area contributed by atoms with E-state index in [4.69, 9.17) is 23.2 Å². The Balaban J connectivity index is 2.52. The Morgan fingerprint density at radius 1 is 1.00 bits per heavy atom. The van der Waals surface area contributed by atoms with Crippen molar-refractivity contribution < 1.29 is 0 Å². The van der Waals surface area contributed by atoms with Gasteiger partial charge in [-0.05, 0) is 48.9 Å². The number of aryl methyl sites for hydroxylation is 1. The summed E-state index contributed by atoms with van der Waals surface area (Å²) in [5.74, 6) is 0. The normalized spacial score (nSPS) is 12.4. The van der Waals surface area contributed by atoms with Crippen LogP contribution in [0.3, 0.4) is 0 Å². The van der Waals surface area contributed by atoms with Gasteiger partial charge in [-0.2, -0.15) is 0 Å². The summed E-state index contributed by atoms with van der Waals surface area (Å²) in [5.41, 5.74) is 3.44.